The van der Waals surface area contributed by atoms with E-state index in [-0.39, 0.29) is 17.7 Å². The van der Waals surface area contributed by atoms with Gasteiger partial charge in [-0.15, -0.1) is 11.3 Å². The molecule has 0 aliphatic carbocycles. The van der Waals surface area contributed by atoms with Crippen molar-refractivity contribution in [2.75, 3.05) is 0 Å². The number of hydrogen-bond donors (Lipinski definition) is 2. The summed E-state index contributed by atoms with van der Waals surface area (Å²) in [6.45, 7) is 9.08. The SMILES string of the molecule is CC(C)(NC(=O)Cc1csc(C(C)(C)C)n1)C(=O)O. The highest BCUT2D eigenvalue weighted by atomic mass is 32.1. The number of thiazole rings is 1. The molecule has 0 aromatic carbocycles. The monoisotopic (exact) mass is 284 g/mol. The molecule has 0 radical (unpaired) electrons. The van der Waals surface area contributed by atoms with Crippen LogP contribution < -0.4 is 5.32 Å². The van der Waals surface area contributed by atoms with Crippen molar-refractivity contribution in [3.05, 3.63) is 16.1 Å². The zero-order valence-corrected chi connectivity index (χ0v) is 12.7. The molecule has 1 amide bonds. The van der Waals surface area contributed by atoms with Crippen molar-refractivity contribution in [3.8, 4) is 0 Å². The quantitative estimate of drug-likeness (QED) is 0.886. The molecule has 1 aromatic heterocycles. The van der Waals surface area contributed by atoms with Crippen LogP contribution in [0.15, 0.2) is 5.38 Å². The Balaban J connectivity index is 2.68. The van der Waals surface area contributed by atoms with E-state index in [1.165, 1.54) is 25.2 Å². The second kappa shape index (κ2) is 5.28. The third-order valence-electron chi connectivity index (χ3n) is 2.52. The fourth-order valence-electron chi connectivity index (χ4n) is 1.34. The molecule has 0 aliphatic rings. The molecule has 1 heterocycles. The standard InChI is InChI=1S/C13H20N2O3S/c1-12(2,3)10-14-8(7-19-10)6-9(16)15-13(4,5)11(17)18/h7H,6H2,1-5H3,(H,15,16)(H,17,18). The maximum atomic E-state index is 11.8. The molecule has 0 spiro atoms. The number of carbonyl (C=O) groups is 2. The van der Waals surface area contributed by atoms with Crippen molar-refractivity contribution < 1.29 is 14.7 Å². The van der Waals surface area contributed by atoms with E-state index in [4.69, 9.17) is 5.11 Å². The van der Waals surface area contributed by atoms with Gasteiger partial charge in [0.2, 0.25) is 5.91 Å². The summed E-state index contributed by atoms with van der Waals surface area (Å²) >= 11 is 1.52. The number of carboxylic acids is 1. The minimum Gasteiger partial charge on any atom is -0.480 e. The van der Waals surface area contributed by atoms with Crippen LogP contribution >= 0.6 is 11.3 Å². The van der Waals surface area contributed by atoms with Crippen LogP contribution in [0.3, 0.4) is 0 Å². The van der Waals surface area contributed by atoms with Crippen LogP contribution in [0.1, 0.15) is 45.3 Å². The molecule has 19 heavy (non-hydrogen) atoms. The van der Waals surface area contributed by atoms with Crippen LogP contribution in [0.25, 0.3) is 0 Å². The topological polar surface area (TPSA) is 79.3 Å². The van der Waals surface area contributed by atoms with E-state index in [1.54, 1.807) is 0 Å². The smallest absolute Gasteiger partial charge is 0.328 e. The predicted molar refractivity (Wildman–Crippen MR) is 74.4 cm³/mol. The molecule has 0 saturated carbocycles. The molecule has 2 N–H and O–H groups in total. The lowest BCUT2D eigenvalue weighted by atomic mass is 9.98. The first-order valence-corrected chi connectivity index (χ1v) is 6.89. The van der Waals surface area contributed by atoms with Crippen molar-refractivity contribution in [3.63, 3.8) is 0 Å². The molecule has 0 bridgehead atoms. The van der Waals surface area contributed by atoms with Gasteiger partial charge in [-0.25, -0.2) is 9.78 Å². The first kappa shape index (κ1) is 15.6. The van der Waals surface area contributed by atoms with Gasteiger partial charge in [0, 0.05) is 10.8 Å². The average molecular weight is 284 g/mol. The molecule has 0 fully saturated rings. The number of hydrogen-bond acceptors (Lipinski definition) is 4. The van der Waals surface area contributed by atoms with Crippen LogP contribution in [-0.2, 0) is 21.4 Å². The van der Waals surface area contributed by atoms with E-state index < -0.39 is 11.5 Å². The summed E-state index contributed by atoms with van der Waals surface area (Å²) in [5.74, 6) is -1.40. The van der Waals surface area contributed by atoms with Crippen LogP contribution in [-0.4, -0.2) is 27.5 Å². The second-order valence-electron chi connectivity index (χ2n) is 6.05. The minimum absolute atomic E-state index is 0.0419. The fourth-order valence-corrected chi connectivity index (χ4v) is 2.25. The molecule has 0 saturated heterocycles. The van der Waals surface area contributed by atoms with Crippen molar-refractivity contribution in [1.82, 2.24) is 10.3 Å². The Hall–Kier alpha value is -1.43. The van der Waals surface area contributed by atoms with Gasteiger partial charge < -0.3 is 10.4 Å². The Kier molecular flexibility index (Phi) is 4.35. The zero-order chi connectivity index (χ0) is 14.8. The molecular weight excluding hydrogens is 264 g/mol. The molecular formula is C13H20N2O3S. The van der Waals surface area contributed by atoms with Gasteiger partial charge in [0.05, 0.1) is 17.1 Å². The van der Waals surface area contributed by atoms with Gasteiger partial charge in [0.1, 0.15) is 5.54 Å². The van der Waals surface area contributed by atoms with E-state index in [0.29, 0.717) is 5.69 Å². The number of amides is 1. The molecule has 5 nitrogen and oxygen atoms in total. The fraction of sp³-hybridized carbons (Fsp3) is 0.615. The van der Waals surface area contributed by atoms with Crippen LogP contribution in [0.5, 0.6) is 0 Å². The number of rotatable bonds is 4. The largest absolute Gasteiger partial charge is 0.480 e. The summed E-state index contributed by atoms with van der Waals surface area (Å²) in [6.07, 6.45) is 0.100. The molecule has 0 atom stereocenters. The Morgan fingerprint density at radius 2 is 1.89 bits per heavy atom. The van der Waals surface area contributed by atoms with Crippen molar-refractivity contribution >= 4 is 23.2 Å². The lowest BCUT2D eigenvalue weighted by Gasteiger charge is -2.20. The minimum atomic E-state index is -1.26. The Bertz CT molecular complexity index is 486. The molecule has 1 aromatic rings. The lowest BCUT2D eigenvalue weighted by molar-refractivity contribution is -0.145. The normalized spacial score (nSPS) is 12.3. The van der Waals surface area contributed by atoms with Crippen LogP contribution in [0, 0.1) is 0 Å². The van der Waals surface area contributed by atoms with Gasteiger partial charge in [-0.1, -0.05) is 20.8 Å². The number of aromatic nitrogens is 1. The van der Waals surface area contributed by atoms with Crippen molar-refractivity contribution in [1.29, 1.82) is 0 Å². The van der Waals surface area contributed by atoms with Gasteiger partial charge in [-0.05, 0) is 13.8 Å². The highest BCUT2D eigenvalue weighted by Gasteiger charge is 2.29. The van der Waals surface area contributed by atoms with Gasteiger partial charge in [-0.2, -0.15) is 0 Å². The van der Waals surface area contributed by atoms with E-state index in [0.717, 1.165) is 5.01 Å². The second-order valence-corrected chi connectivity index (χ2v) is 6.91. The summed E-state index contributed by atoms with van der Waals surface area (Å²) < 4.78 is 0. The van der Waals surface area contributed by atoms with Gasteiger partial charge in [0.15, 0.2) is 0 Å². The summed E-state index contributed by atoms with van der Waals surface area (Å²) in [4.78, 5) is 27.1. The lowest BCUT2D eigenvalue weighted by Crippen LogP contribution is -2.50. The Labute approximate surface area is 117 Å². The molecule has 0 unspecified atom stereocenters. The number of nitrogens with one attached hydrogen (secondary N) is 1. The number of aliphatic carboxylic acids is 1. The first-order valence-electron chi connectivity index (χ1n) is 6.01. The van der Waals surface area contributed by atoms with E-state index in [1.807, 2.05) is 5.38 Å². The zero-order valence-electron chi connectivity index (χ0n) is 11.9. The Morgan fingerprint density at radius 3 is 2.32 bits per heavy atom. The maximum Gasteiger partial charge on any atom is 0.328 e. The van der Waals surface area contributed by atoms with Crippen molar-refractivity contribution in [2.45, 2.75) is 52.0 Å². The first-order chi connectivity index (χ1) is 8.52. The third-order valence-corrected chi connectivity index (χ3v) is 3.84. The summed E-state index contributed by atoms with van der Waals surface area (Å²) in [5.41, 5.74) is -0.631. The molecule has 1 rings (SSSR count). The summed E-state index contributed by atoms with van der Waals surface area (Å²) in [5, 5.41) is 14.2. The number of carboxylic acid groups (broad SMARTS) is 1. The van der Waals surface area contributed by atoms with Crippen LogP contribution in [0.4, 0.5) is 0 Å². The van der Waals surface area contributed by atoms with Gasteiger partial charge >= 0.3 is 5.97 Å². The molecule has 0 aliphatic heterocycles. The van der Waals surface area contributed by atoms with Crippen LogP contribution in [0.2, 0.25) is 0 Å². The van der Waals surface area contributed by atoms with Crippen molar-refractivity contribution in [2.24, 2.45) is 0 Å². The van der Waals surface area contributed by atoms with Gasteiger partial charge in [0.25, 0.3) is 0 Å². The summed E-state index contributed by atoms with van der Waals surface area (Å²) in [7, 11) is 0. The van der Waals surface area contributed by atoms with E-state index in [9.17, 15) is 9.59 Å². The van der Waals surface area contributed by atoms with E-state index in [2.05, 4.69) is 31.1 Å². The molecule has 6 heteroatoms. The predicted octanol–water partition coefficient (Wildman–Crippen LogP) is 1.96. The Morgan fingerprint density at radius 1 is 1.32 bits per heavy atom. The summed E-state index contributed by atoms with van der Waals surface area (Å²) in [6, 6.07) is 0. The average Bonchev–Trinajstić information content (AvgIpc) is 2.63. The third kappa shape index (κ3) is 4.31. The number of carbonyl (C=O) groups excluding carboxylic acids is 1. The highest BCUT2D eigenvalue weighted by Crippen LogP contribution is 2.25. The maximum absolute atomic E-state index is 11.8. The number of nitrogens with zero attached hydrogens (tertiary/aromatic N) is 1. The highest BCUT2D eigenvalue weighted by molar-refractivity contribution is 7.09. The van der Waals surface area contributed by atoms with Gasteiger partial charge in [-0.3, -0.25) is 4.79 Å². The molecule has 106 valence electrons. The van der Waals surface area contributed by atoms with E-state index >= 15 is 0 Å².